The number of nitriles is 6. The van der Waals surface area contributed by atoms with Gasteiger partial charge in [0.25, 0.3) is 0 Å². The van der Waals surface area contributed by atoms with Crippen molar-refractivity contribution in [2.75, 3.05) is 0 Å². The van der Waals surface area contributed by atoms with Crippen LogP contribution in [0.15, 0.2) is 0 Å². The van der Waals surface area contributed by atoms with Crippen LogP contribution in [0.2, 0.25) is 0 Å². The van der Waals surface area contributed by atoms with Crippen LogP contribution in [0.5, 0.6) is 0 Å². The maximum absolute atomic E-state index is 6.50. The standard InChI is InChI=1S/6CHN.2Fe.K.Zn.H/c6*1-2;;;;;/h6*1H;;;;;/q;;;;;;;;+1;;-1. The van der Waals surface area contributed by atoms with Crippen molar-refractivity contribution in [2.45, 2.75) is 0 Å². The van der Waals surface area contributed by atoms with Crippen LogP contribution in [0.1, 0.15) is 1.43 Å². The van der Waals surface area contributed by atoms with E-state index in [1.807, 2.05) is 0 Å². The first-order chi connectivity index (χ1) is 6.00. The SMILES string of the molecule is C#N.C#N.C#N.C#N.C#N.C#N.[Fe].[Fe].[H-].[K+].[Zn]. The third-order valence-electron chi connectivity index (χ3n) is 0. The number of hydrogen-bond acceptors (Lipinski definition) is 6. The molecule has 0 saturated heterocycles. The van der Waals surface area contributed by atoms with Crippen molar-refractivity contribution in [1.82, 2.24) is 0 Å². The molecule has 0 fully saturated rings. The van der Waals surface area contributed by atoms with Crippen LogP contribution >= 0.6 is 0 Å². The summed E-state index contributed by atoms with van der Waals surface area (Å²) in [6.07, 6.45) is 0. The van der Waals surface area contributed by atoms with Crippen LogP contribution in [-0.2, 0) is 53.6 Å². The van der Waals surface area contributed by atoms with E-state index < -0.39 is 0 Å². The van der Waals surface area contributed by atoms with Crippen LogP contribution in [0, 0.1) is 71.0 Å². The van der Waals surface area contributed by atoms with Gasteiger partial charge in [0.2, 0.25) is 0 Å². The van der Waals surface area contributed by atoms with Gasteiger partial charge in [-0.15, -0.1) is 0 Å². The fraction of sp³-hybridized carbons (Fsp3) is 0. The normalized spacial score (nSPS) is 0.750. The van der Waals surface area contributed by atoms with Crippen molar-refractivity contribution in [3.05, 3.63) is 0 Å². The Morgan fingerprint density at radius 2 is 0.438 bits per heavy atom. The predicted octanol–water partition coefficient (Wildman–Crippen LogP) is -2.05. The van der Waals surface area contributed by atoms with Crippen LogP contribution in [-0.4, -0.2) is 0 Å². The second-order valence-electron chi connectivity index (χ2n) is 0. The smallest absolute Gasteiger partial charge is 1.00 e. The first kappa shape index (κ1) is 96.9. The van der Waals surface area contributed by atoms with Gasteiger partial charge in [0.05, 0.1) is 0 Å². The van der Waals surface area contributed by atoms with E-state index in [-0.39, 0.29) is 106 Å². The molecule has 16 heavy (non-hydrogen) atoms. The predicted molar refractivity (Wildman–Crippen MR) is 41.1 cm³/mol. The number of hydrogen-bond donors (Lipinski definition) is 0. The average Bonchev–Trinajstić information content (AvgIpc) is 2.33. The second-order valence-corrected chi connectivity index (χ2v) is 0. The third-order valence-corrected chi connectivity index (χ3v) is 0. The molecule has 0 rings (SSSR count). The summed E-state index contributed by atoms with van der Waals surface area (Å²) in [6, 6.07) is 0. The topological polar surface area (TPSA) is 143 Å². The minimum absolute atomic E-state index is 0. The summed E-state index contributed by atoms with van der Waals surface area (Å²) in [6.45, 7) is 21.0. The summed E-state index contributed by atoms with van der Waals surface area (Å²) >= 11 is 0. The Kier molecular flexibility index (Phi) is 328000. The first-order valence-electron chi connectivity index (χ1n) is 1.55. The quantitative estimate of drug-likeness (QED) is 0.443. The Labute approximate surface area is 174 Å². The van der Waals surface area contributed by atoms with Crippen molar-refractivity contribution in [3.8, 4) is 39.4 Å². The second kappa shape index (κ2) is 54200. The molecule has 10 heteroatoms. The van der Waals surface area contributed by atoms with E-state index in [1.54, 1.807) is 0 Å². The Hall–Kier alpha value is 0.239. The Balaban J connectivity index is -0.00000000267. The van der Waals surface area contributed by atoms with Crippen molar-refractivity contribution in [3.63, 3.8) is 0 Å². The molecule has 0 unspecified atom stereocenters. The van der Waals surface area contributed by atoms with Gasteiger partial charge in [-0.05, 0) is 0 Å². The Morgan fingerprint density at radius 1 is 0.438 bits per heavy atom. The van der Waals surface area contributed by atoms with Crippen LogP contribution in [0.3, 0.4) is 0 Å². The summed E-state index contributed by atoms with van der Waals surface area (Å²) in [5.41, 5.74) is 0. The summed E-state index contributed by atoms with van der Waals surface area (Å²) in [4.78, 5) is 0. The average molecular weight is 379 g/mol. The van der Waals surface area contributed by atoms with Crippen molar-refractivity contribution >= 4 is 0 Å². The number of nitrogens with zero attached hydrogens (tertiary/aromatic N) is 6. The maximum atomic E-state index is 6.50. The molecule has 0 aliphatic carbocycles. The Bertz CT molecular complexity index is 112. The zero-order valence-electron chi connectivity index (χ0n) is 9.56. The van der Waals surface area contributed by atoms with Gasteiger partial charge in [-0.1, -0.05) is 0 Å². The number of rotatable bonds is 0. The summed E-state index contributed by atoms with van der Waals surface area (Å²) < 4.78 is 0. The molecule has 6 nitrogen and oxygen atoms in total. The van der Waals surface area contributed by atoms with E-state index in [2.05, 4.69) is 39.4 Å². The van der Waals surface area contributed by atoms with E-state index in [1.165, 1.54) is 0 Å². The van der Waals surface area contributed by atoms with Crippen molar-refractivity contribution in [2.24, 2.45) is 0 Å². The molecule has 80 valence electrons. The Morgan fingerprint density at radius 3 is 0.438 bits per heavy atom. The molecule has 0 aromatic rings. The van der Waals surface area contributed by atoms with E-state index in [0.717, 1.165) is 0 Å². The zero-order chi connectivity index (χ0) is 12.0. The van der Waals surface area contributed by atoms with Gasteiger partial charge < -0.3 is 1.43 Å². The molecule has 0 aromatic carbocycles. The monoisotopic (exact) mass is 378 g/mol. The minimum atomic E-state index is 0. The molecule has 0 aliphatic rings. The summed E-state index contributed by atoms with van der Waals surface area (Å²) in [5, 5.41) is 39.0. The van der Waals surface area contributed by atoms with E-state index in [0.29, 0.717) is 0 Å². The summed E-state index contributed by atoms with van der Waals surface area (Å²) in [5.74, 6) is 0. The minimum Gasteiger partial charge on any atom is -1.00 e. The van der Waals surface area contributed by atoms with Gasteiger partial charge in [0, 0.05) is 93.0 Å². The van der Waals surface area contributed by atoms with E-state index in [9.17, 15) is 0 Å². The van der Waals surface area contributed by atoms with E-state index in [4.69, 9.17) is 31.6 Å². The molecule has 0 N–H and O–H groups in total. The fourth-order valence-corrected chi connectivity index (χ4v) is 0. The molecule has 0 aliphatic heterocycles. The van der Waals surface area contributed by atoms with Gasteiger partial charge >= 0.3 is 51.4 Å². The van der Waals surface area contributed by atoms with Gasteiger partial charge in [-0.25, -0.2) is 31.6 Å². The van der Waals surface area contributed by atoms with Gasteiger partial charge in [0.1, 0.15) is 0 Å². The molecular formula is C6H7Fe2KN6Zn. The largest absolute Gasteiger partial charge is 1.00 e. The molecular weight excluding hydrogens is 372 g/mol. The third kappa shape index (κ3) is 43800. The molecule has 0 spiro atoms. The zero-order valence-corrected chi connectivity index (χ0v) is 16.9. The van der Waals surface area contributed by atoms with Gasteiger partial charge in [-0.2, -0.15) is 0 Å². The van der Waals surface area contributed by atoms with Crippen LogP contribution < -0.4 is 51.4 Å². The maximum Gasteiger partial charge on any atom is 1.00 e. The van der Waals surface area contributed by atoms with Gasteiger partial charge in [0.15, 0.2) is 0 Å². The first-order valence-corrected chi connectivity index (χ1v) is 1.55. The van der Waals surface area contributed by atoms with E-state index >= 15 is 0 Å². The fourth-order valence-electron chi connectivity index (χ4n) is 0. The molecule has 0 atom stereocenters. The molecule has 0 aromatic heterocycles. The molecule has 0 saturated carbocycles. The summed E-state index contributed by atoms with van der Waals surface area (Å²) in [7, 11) is 0. The van der Waals surface area contributed by atoms with Gasteiger partial charge in [-0.3, -0.25) is 0 Å². The van der Waals surface area contributed by atoms with Crippen LogP contribution in [0.25, 0.3) is 0 Å². The van der Waals surface area contributed by atoms with Crippen molar-refractivity contribution in [1.29, 1.82) is 31.6 Å². The molecule has 0 radical (unpaired) electrons. The van der Waals surface area contributed by atoms with Crippen LogP contribution in [0.4, 0.5) is 0 Å². The van der Waals surface area contributed by atoms with Crippen molar-refractivity contribution < 1.29 is 106 Å². The molecule has 0 amide bonds. The molecule has 0 heterocycles. The molecule has 0 bridgehead atoms.